The van der Waals surface area contributed by atoms with E-state index in [4.69, 9.17) is 0 Å². The number of unbranched alkanes of at least 4 members (excludes halogenated alkanes) is 14. The molecule has 0 radical (unpaired) electrons. The zero-order chi connectivity index (χ0) is 23.0. The van der Waals surface area contributed by atoms with Gasteiger partial charge in [0.05, 0.1) is 24.1 Å². The van der Waals surface area contributed by atoms with Crippen LogP contribution >= 0.6 is 7.26 Å². The average Bonchev–Trinajstić information content (AvgIpc) is 2.79. The van der Waals surface area contributed by atoms with Crippen molar-refractivity contribution in [2.24, 2.45) is 0 Å². The molecule has 0 aromatic carbocycles. The molecule has 31 heavy (non-hydrogen) atoms. The van der Waals surface area contributed by atoms with Crippen molar-refractivity contribution in [1.29, 1.82) is 0 Å². The summed E-state index contributed by atoms with van der Waals surface area (Å²) in [5, 5.41) is 0. The molecule has 1 unspecified atom stereocenters. The molecular weight excluding hydrogens is 391 g/mol. The molecule has 0 heterocycles. The third-order valence-electron chi connectivity index (χ3n) is 7.66. The summed E-state index contributed by atoms with van der Waals surface area (Å²) in [6.07, 6.45) is 35.8. The average molecular weight is 456 g/mol. The molecule has 1 heteroatoms. The summed E-state index contributed by atoms with van der Waals surface area (Å²) < 4.78 is 0. The predicted octanol–water partition coefficient (Wildman–Crippen LogP) is 11.7. The molecule has 0 nitrogen and oxygen atoms in total. The topological polar surface area (TPSA) is 0 Å². The number of hydrogen-bond donors (Lipinski definition) is 0. The van der Waals surface area contributed by atoms with Gasteiger partial charge in [0.1, 0.15) is 0 Å². The predicted molar refractivity (Wildman–Crippen MR) is 151 cm³/mol. The molecule has 0 saturated carbocycles. The molecule has 0 aromatic heterocycles. The maximum absolute atomic E-state index is 2.45. The van der Waals surface area contributed by atoms with Gasteiger partial charge < -0.3 is 0 Å². The first-order valence-electron chi connectivity index (χ1n) is 15.1. The van der Waals surface area contributed by atoms with Crippen molar-refractivity contribution < 1.29 is 0 Å². The molecule has 0 amide bonds. The largest absolute Gasteiger partial charge is 0.0697 e. The second kappa shape index (κ2) is 23.6. The fourth-order valence-electron chi connectivity index (χ4n) is 5.55. The van der Waals surface area contributed by atoms with Crippen LogP contribution in [0.2, 0.25) is 0 Å². The lowest BCUT2D eigenvalue weighted by Crippen LogP contribution is -2.23. The van der Waals surface area contributed by atoms with Crippen LogP contribution in [0.5, 0.6) is 0 Å². The first-order valence-corrected chi connectivity index (χ1v) is 17.5. The maximum atomic E-state index is 2.45. The lowest BCUT2D eigenvalue weighted by Gasteiger charge is -2.36. The van der Waals surface area contributed by atoms with Gasteiger partial charge in [-0.1, -0.05) is 131 Å². The molecule has 0 saturated heterocycles. The van der Waals surface area contributed by atoms with Gasteiger partial charge in [-0.25, -0.2) is 0 Å². The molecule has 0 aliphatic carbocycles. The first-order chi connectivity index (χ1) is 15.2. The van der Waals surface area contributed by atoms with E-state index in [0.717, 1.165) is 5.66 Å². The van der Waals surface area contributed by atoms with E-state index in [9.17, 15) is 0 Å². The van der Waals surface area contributed by atoms with Crippen molar-refractivity contribution in [3.8, 4) is 0 Å². The Labute approximate surface area is 200 Å². The number of hydrogen-bond acceptors (Lipinski definition) is 0. The minimum Gasteiger partial charge on any atom is -0.0654 e. The Kier molecular flexibility index (Phi) is 23.9. The van der Waals surface area contributed by atoms with Crippen LogP contribution in [0.1, 0.15) is 169 Å². The van der Waals surface area contributed by atoms with E-state index in [1.165, 1.54) is 128 Å². The minimum atomic E-state index is -0.755. The maximum Gasteiger partial charge on any atom is 0.0697 e. The summed E-state index contributed by atoms with van der Waals surface area (Å²) in [6, 6.07) is 0. The van der Waals surface area contributed by atoms with E-state index < -0.39 is 7.26 Å². The van der Waals surface area contributed by atoms with Gasteiger partial charge in [0, 0.05) is 7.26 Å². The van der Waals surface area contributed by atoms with Crippen molar-refractivity contribution in [2.45, 2.75) is 175 Å². The highest BCUT2D eigenvalue weighted by molar-refractivity contribution is 7.76. The van der Waals surface area contributed by atoms with E-state index in [2.05, 4.69) is 34.6 Å². The van der Waals surface area contributed by atoms with Crippen molar-refractivity contribution in [2.75, 3.05) is 18.5 Å². The van der Waals surface area contributed by atoms with Crippen molar-refractivity contribution >= 4 is 7.26 Å². The second-order valence-electron chi connectivity index (χ2n) is 10.6. The summed E-state index contributed by atoms with van der Waals surface area (Å²) in [6.45, 7) is 12.0. The third-order valence-corrected chi connectivity index (χ3v) is 13.3. The smallest absolute Gasteiger partial charge is 0.0654 e. The van der Waals surface area contributed by atoms with Crippen LogP contribution in [-0.4, -0.2) is 24.1 Å². The zero-order valence-corrected chi connectivity index (χ0v) is 23.9. The van der Waals surface area contributed by atoms with E-state index in [-0.39, 0.29) is 0 Å². The van der Waals surface area contributed by atoms with Gasteiger partial charge in [-0.15, -0.1) is 0 Å². The van der Waals surface area contributed by atoms with Gasteiger partial charge in [0.15, 0.2) is 0 Å². The summed E-state index contributed by atoms with van der Waals surface area (Å²) in [7, 11) is -0.755. The Bertz CT molecular complexity index is 316. The molecule has 0 fully saturated rings. The van der Waals surface area contributed by atoms with E-state index in [0.29, 0.717) is 0 Å². The molecule has 0 spiro atoms. The standard InChI is InChI=1S/C30H64P/c1-6-11-15-16-17-18-19-20-21-22-23-24-26-30(25-10-5)31(27-12-7-2,28-13-8-3)29-14-9-4/h30H,6-29H2,1-5H3/q+1. The van der Waals surface area contributed by atoms with Crippen molar-refractivity contribution in [3.05, 3.63) is 0 Å². The van der Waals surface area contributed by atoms with Crippen molar-refractivity contribution in [1.82, 2.24) is 0 Å². The van der Waals surface area contributed by atoms with Crippen LogP contribution in [-0.2, 0) is 0 Å². The second-order valence-corrected chi connectivity index (χ2v) is 15.1. The van der Waals surface area contributed by atoms with Gasteiger partial charge in [-0.2, -0.15) is 0 Å². The van der Waals surface area contributed by atoms with Crippen LogP contribution < -0.4 is 0 Å². The van der Waals surface area contributed by atoms with E-state index >= 15 is 0 Å². The summed E-state index contributed by atoms with van der Waals surface area (Å²) in [4.78, 5) is 0. The Morgan fingerprint density at radius 2 is 0.710 bits per heavy atom. The quantitative estimate of drug-likeness (QED) is 0.0948. The molecule has 0 aliphatic heterocycles. The van der Waals surface area contributed by atoms with Crippen LogP contribution in [0, 0.1) is 0 Å². The summed E-state index contributed by atoms with van der Waals surface area (Å²) >= 11 is 0. The molecule has 0 aliphatic rings. The van der Waals surface area contributed by atoms with Crippen LogP contribution in [0.15, 0.2) is 0 Å². The van der Waals surface area contributed by atoms with E-state index in [1.807, 2.05) is 0 Å². The Morgan fingerprint density at radius 1 is 0.355 bits per heavy atom. The van der Waals surface area contributed by atoms with Crippen LogP contribution in [0.25, 0.3) is 0 Å². The molecular formula is C30H64P+. The Morgan fingerprint density at radius 3 is 1.06 bits per heavy atom. The SMILES string of the molecule is CCCCCCCCCCCCCCC(CCC)[P+](CCCC)(CCCC)CCCC. The normalized spacial score (nSPS) is 13.1. The monoisotopic (exact) mass is 455 g/mol. The van der Waals surface area contributed by atoms with Crippen LogP contribution in [0.4, 0.5) is 0 Å². The molecule has 0 aromatic rings. The lowest BCUT2D eigenvalue weighted by atomic mass is 10.0. The fraction of sp³-hybridized carbons (Fsp3) is 1.00. The number of rotatable bonds is 25. The summed E-state index contributed by atoms with van der Waals surface area (Å²) in [5.74, 6) is 0. The minimum absolute atomic E-state index is 0.755. The fourth-order valence-corrected chi connectivity index (χ4v) is 11.7. The first kappa shape index (κ1) is 31.4. The molecule has 0 bridgehead atoms. The van der Waals surface area contributed by atoms with Gasteiger partial charge in [-0.3, -0.25) is 0 Å². The highest BCUT2D eigenvalue weighted by Gasteiger charge is 2.42. The molecule has 1 atom stereocenters. The highest BCUT2D eigenvalue weighted by atomic mass is 31.2. The third kappa shape index (κ3) is 16.7. The van der Waals surface area contributed by atoms with Gasteiger partial charge in [-0.05, 0) is 38.5 Å². The van der Waals surface area contributed by atoms with E-state index in [1.54, 1.807) is 24.9 Å². The lowest BCUT2D eigenvalue weighted by molar-refractivity contribution is 0.531. The Balaban J connectivity index is 4.37. The zero-order valence-electron chi connectivity index (χ0n) is 23.0. The Hall–Kier alpha value is 0.430. The van der Waals surface area contributed by atoms with Crippen molar-refractivity contribution in [3.63, 3.8) is 0 Å². The van der Waals surface area contributed by atoms with Gasteiger partial charge >= 0.3 is 0 Å². The van der Waals surface area contributed by atoms with Gasteiger partial charge in [0.2, 0.25) is 0 Å². The molecule has 0 N–H and O–H groups in total. The summed E-state index contributed by atoms with van der Waals surface area (Å²) in [5.41, 5.74) is 1.10. The molecule has 188 valence electrons. The highest BCUT2D eigenvalue weighted by Crippen LogP contribution is 2.67. The van der Waals surface area contributed by atoms with Gasteiger partial charge in [0.25, 0.3) is 0 Å². The van der Waals surface area contributed by atoms with Crippen LogP contribution in [0.3, 0.4) is 0 Å². The molecule has 0 rings (SSSR count).